The first-order chi connectivity index (χ1) is 18.7. The highest BCUT2D eigenvalue weighted by Crippen LogP contribution is 2.50. The Kier molecular flexibility index (Phi) is 6.54. The van der Waals surface area contributed by atoms with Crippen molar-refractivity contribution in [2.75, 3.05) is 23.4 Å². The molecular formula is C30H27F3N4O2. The zero-order valence-electron chi connectivity index (χ0n) is 21.5. The van der Waals surface area contributed by atoms with E-state index < -0.39 is 29.0 Å². The fraction of sp³-hybridized carbons (Fsp3) is 0.233. The summed E-state index contributed by atoms with van der Waals surface area (Å²) in [5.74, 6) is -1.03. The second-order valence-electron chi connectivity index (χ2n) is 9.51. The molecule has 3 aromatic carbocycles. The van der Waals surface area contributed by atoms with E-state index in [0.717, 1.165) is 23.3 Å². The molecule has 1 unspecified atom stereocenters. The normalized spacial score (nSPS) is 19.6. The van der Waals surface area contributed by atoms with Crippen LogP contribution in [0.5, 0.6) is 0 Å². The zero-order valence-corrected chi connectivity index (χ0v) is 21.5. The van der Waals surface area contributed by atoms with Crippen LogP contribution < -0.4 is 15.5 Å². The van der Waals surface area contributed by atoms with Crippen molar-refractivity contribution in [1.29, 1.82) is 0 Å². The lowest BCUT2D eigenvalue weighted by Gasteiger charge is -2.32. The first kappa shape index (κ1) is 26.2. The van der Waals surface area contributed by atoms with Crippen molar-refractivity contribution in [2.24, 2.45) is 10.7 Å². The van der Waals surface area contributed by atoms with Gasteiger partial charge < -0.3 is 10.6 Å². The lowest BCUT2D eigenvalue weighted by Crippen LogP contribution is -2.53. The molecular weight excluding hydrogens is 505 g/mol. The summed E-state index contributed by atoms with van der Waals surface area (Å²) in [6.45, 7) is 1.92. The Balaban J connectivity index is 1.77. The number of benzene rings is 3. The Morgan fingerprint density at radius 2 is 1.77 bits per heavy atom. The van der Waals surface area contributed by atoms with E-state index in [0.29, 0.717) is 23.2 Å². The SMILES string of the molecule is CCN1C(=O)C2(CCc3cc(C(C=NC)=CN)ccc32)C(=O)N(c2ccccc2)c2cc(C(F)(F)F)ccc21. The van der Waals surface area contributed by atoms with Gasteiger partial charge in [0.15, 0.2) is 5.41 Å². The van der Waals surface area contributed by atoms with Crippen LogP contribution in [0.4, 0.5) is 30.2 Å². The third-order valence-corrected chi connectivity index (χ3v) is 7.46. The number of anilines is 3. The van der Waals surface area contributed by atoms with Crippen LogP contribution in [0.1, 0.15) is 35.6 Å². The number of halogens is 3. The van der Waals surface area contributed by atoms with Crippen molar-refractivity contribution in [3.63, 3.8) is 0 Å². The average Bonchev–Trinajstić information content (AvgIpc) is 3.29. The van der Waals surface area contributed by atoms with Crippen LogP contribution in [0.2, 0.25) is 0 Å². The summed E-state index contributed by atoms with van der Waals surface area (Å²) < 4.78 is 41.4. The van der Waals surface area contributed by atoms with Gasteiger partial charge in [-0.2, -0.15) is 13.2 Å². The molecule has 1 spiro atoms. The number of rotatable bonds is 4. The number of para-hydroxylation sites is 1. The van der Waals surface area contributed by atoms with Gasteiger partial charge in [0.1, 0.15) is 0 Å². The minimum Gasteiger partial charge on any atom is -0.404 e. The topological polar surface area (TPSA) is 79.0 Å². The van der Waals surface area contributed by atoms with Gasteiger partial charge in [0, 0.05) is 37.3 Å². The molecule has 0 aromatic heterocycles. The van der Waals surface area contributed by atoms with Gasteiger partial charge in [-0.05, 0) is 66.8 Å². The maximum absolute atomic E-state index is 14.7. The monoisotopic (exact) mass is 532 g/mol. The summed E-state index contributed by atoms with van der Waals surface area (Å²) in [4.78, 5) is 35.8. The third kappa shape index (κ3) is 4.09. The molecule has 5 rings (SSSR count). The van der Waals surface area contributed by atoms with Crippen LogP contribution in [0, 0.1) is 0 Å². The summed E-state index contributed by atoms with van der Waals surface area (Å²) in [5.41, 5.74) is 6.77. The molecule has 1 aliphatic heterocycles. The highest BCUT2D eigenvalue weighted by Gasteiger charge is 2.57. The van der Waals surface area contributed by atoms with Crippen LogP contribution in [-0.2, 0) is 27.6 Å². The molecule has 1 aliphatic carbocycles. The Bertz CT molecular complexity index is 1510. The Morgan fingerprint density at radius 3 is 2.41 bits per heavy atom. The van der Waals surface area contributed by atoms with Crippen LogP contribution >= 0.6 is 0 Å². The van der Waals surface area contributed by atoms with Gasteiger partial charge >= 0.3 is 6.18 Å². The lowest BCUT2D eigenvalue weighted by atomic mass is 9.78. The minimum atomic E-state index is -4.63. The number of amides is 2. The number of hydrogen-bond donors (Lipinski definition) is 1. The smallest absolute Gasteiger partial charge is 0.404 e. The molecule has 200 valence electrons. The molecule has 0 radical (unpaired) electrons. The van der Waals surface area contributed by atoms with E-state index in [4.69, 9.17) is 5.73 Å². The van der Waals surface area contributed by atoms with Gasteiger partial charge in [0.05, 0.1) is 16.9 Å². The quantitative estimate of drug-likeness (QED) is 0.350. The molecule has 2 aliphatic rings. The van der Waals surface area contributed by atoms with Crippen molar-refractivity contribution >= 4 is 40.7 Å². The summed E-state index contributed by atoms with van der Waals surface area (Å²) in [6.07, 6.45) is -0.942. The zero-order chi connectivity index (χ0) is 27.9. The van der Waals surface area contributed by atoms with Gasteiger partial charge in [-0.3, -0.25) is 19.5 Å². The predicted octanol–water partition coefficient (Wildman–Crippen LogP) is 5.62. The molecule has 6 nitrogen and oxygen atoms in total. The fourth-order valence-electron chi connectivity index (χ4n) is 5.64. The molecule has 0 saturated carbocycles. The summed E-state index contributed by atoms with van der Waals surface area (Å²) in [6, 6.07) is 17.1. The number of aliphatic imine (C=N–C) groups is 1. The first-order valence-corrected chi connectivity index (χ1v) is 12.6. The minimum absolute atomic E-state index is 0.0191. The number of hydrogen-bond acceptors (Lipinski definition) is 4. The number of allylic oxidation sites excluding steroid dienone is 1. The molecule has 0 saturated heterocycles. The number of fused-ring (bicyclic) bond motifs is 3. The number of carbonyl (C=O) groups excluding carboxylic acids is 2. The van der Waals surface area contributed by atoms with Crippen LogP contribution in [0.3, 0.4) is 0 Å². The van der Waals surface area contributed by atoms with Gasteiger partial charge in [-0.25, -0.2) is 0 Å². The molecule has 0 fully saturated rings. The predicted molar refractivity (Wildman–Crippen MR) is 146 cm³/mol. The summed E-state index contributed by atoms with van der Waals surface area (Å²) in [7, 11) is 1.63. The third-order valence-electron chi connectivity index (χ3n) is 7.46. The van der Waals surface area contributed by atoms with Crippen molar-refractivity contribution in [1.82, 2.24) is 0 Å². The molecule has 9 heteroatoms. The summed E-state index contributed by atoms with van der Waals surface area (Å²) in [5, 5.41) is 0. The highest BCUT2D eigenvalue weighted by atomic mass is 19.4. The van der Waals surface area contributed by atoms with E-state index in [-0.39, 0.29) is 24.3 Å². The number of likely N-dealkylation sites (N-methyl/N-ethyl adjacent to an activating group) is 1. The van der Waals surface area contributed by atoms with E-state index in [2.05, 4.69) is 4.99 Å². The largest absolute Gasteiger partial charge is 0.416 e. The second-order valence-corrected chi connectivity index (χ2v) is 9.51. The van der Waals surface area contributed by atoms with Crippen molar-refractivity contribution < 1.29 is 22.8 Å². The number of nitrogens with zero attached hydrogens (tertiary/aromatic N) is 3. The van der Waals surface area contributed by atoms with Gasteiger partial charge in [0.25, 0.3) is 5.91 Å². The lowest BCUT2D eigenvalue weighted by molar-refractivity contribution is -0.138. The van der Waals surface area contributed by atoms with Crippen LogP contribution in [0.25, 0.3) is 5.57 Å². The van der Waals surface area contributed by atoms with Gasteiger partial charge in [-0.1, -0.05) is 36.4 Å². The average molecular weight is 533 g/mol. The van der Waals surface area contributed by atoms with E-state index in [1.54, 1.807) is 62.7 Å². The van der Waals surface area contributed by atoms with Crippen molar-refractivity contribution in [3.8, 4) is 0 Å². The molecule has 1 atom stereocenters. The van der Waals surface area contributed by atoms with Gasteiger partial charge in [-0.15, -0.1) is 0 Å². The first-order valence-electron chi connectivity index (χ1n) is 12.6. The highest BCUT2D eigenvalue weighted by molar-refractivity contribution is 6.27. The Hall–Kier alpha value is -4.40. The Morgan fingerprint density at radius 1 is 1.03 bits per heavy atom. The standard InChI is InChI=1S/C30H27F3N4O2/c1-3-36-25-12-10-22(30(31,32)33)16-26(25)37(23-7-5-4-6-8-23)28(39)29(27(36)38)14-13-20-15-19(9-11-24(20)29)21(17-34)18-35-2/h4-12,15-18H,3,13-14,34H2,1-2H3. The summed E-state index contributed by atoms with van der Waals surface area (Å²) >= 11 is 0. The molecule has 2 N–H and O–H groups in total. The van der Waals surface area contributed by atoms with E-state index in [1.807, 2.05) is 6.07 Å². The number of carbonyl (C=O) groups is 2. The molecule has 3 aromatic rings. The van der Waals surface area contributed by atoms with E-state index in [9.17, 15) is 22.8 Å². The Labute approximate surface area is 224 Å². The number of alkyl halides is 3. The number of nitrogens with two attached hydrogens (primary N) is 1. The van der Waals surface area contributed by atoms with E-state index in [1.165, 1.54) is 22.1 Å². The molecule has 0 bridgehead atoms. The van der Waals surface area contributed by atoms with Gasteiger partial charge in [0.2, 0.25) is 5.91 Å². The maximum Gasteiger partial charge on any atom is 0.416 e. The number of aryl methyl sites for hydroxylation is 1. The van der Waals surface area contributed by atoms with Crippen molar-refractivity contribution in [3.05, 3.63) is 95.2 Å². The van der Waals surface area contributed by atoms with Crippen LogP contribution in [0.15, 0.2) is 77.9 Å². The van der Waals surface area contributed by atoms with E-state index >= 15 is 0 Å². The van der Waals surface area contributed by atoms with Crippen LogP contribution in [-0.4, -0.2) is 31.6 Å². The maximum atomic E-state index is 14.7. The molecule has 1 heterocycles. The second kappa shape index (κ2) is 9.72. The molecule has 2 amide bonds. The van der Waals surface area contributed by atoms with Crippen molar-refractivity contribution in [2.45, 2.75) is 31.4 Å². The fourth-order valence-corrected chi connectivity index (χ4v) is 5.64. The molecule has 39 heavy (non-hydrogen) atoms.